The highest BCUT2D eigenvalue weighted by Crippen LogP contribution is 2.28. The Morgan fingerprint density at radius 2 is 1.75 bits per heavy atom. The van der Waals surface area contributed by atoms with Crippen molar-refractivity contribution < 1.29 is 0 Å². The monoisotopic (exact) mass is 287 g/mol. The maximum absolute atomic E-state index is 5.84. The van der Waals surface area contributed by atoms with Gasteiger partial charge in [-0.3, -0.25) is 0 Å². The van der Waals surface area contributed by atoms with Crippen LogP contribution >= 0.6 is 11.8 Å². The molecule has 2 N–H and O–H groups in total. The molecule has 1 aromatic heterocycles. The van der Waals surface area contributed by atoms with E-state index in [0.29, 0.717) is 0 Å². The van der Waals surface area contributed by atoms with Crippen molar-refractivity contribution in [1.29, 1.82) is 0 Å². The van der Waals surface area contributed by atoms with Crippen molar-refractivity contribution in [3.63, 3.8) is 0 Å². The predicted octanol–water partition coefficient (Wildman–Crippen LogP) is 3.44. The zero-order chi connectivity index (χ0) is 14.7. The van der Waals surface area contributed by atoms with Crippen molar-refractivity contribution in [1.82, 2.24) is 9.97 Å². The Morgan fingerprint density at radius 3 is 2.30 bits per heavy atom. The van der Waals surface area contributed by atoms with Gasteiger partial charge in [0.15, 0.2) is 5.16 Å². The summed E-state index contributed by atoms with van der Waals surface area (Å²) >= 11 is 1.62. The van der Waals surface area contributed by atoms with Gasteiger partial charge in [-0.2, -0.15) is 0 Å². The molecule has 1 atom stereocenters. The molecular formula is C16H21N3S. The molecule has 0 amide bonds. The molecule has 4 heteroatoms. The fourth-order valence-corrected chi connectivity index (χ4v) is 3.09. The third-order valence-corrected chi connectivity index (χ3v) is 4.00. The summed E-state index contributed by atoms with van der Waals surface area (Å²) in [7, 11) is 0. The van der Waals surface area contributed by atoms with E-state index >= 15 is 0 Å². The lowest BCUT2D eigenvalue weighted by atomic mass is 10.1. The third kappa shape index (κ3) is 4.05. The summed E-state index contributed by atoms with van der Waals surface area (Å²) in [6.45, 7) is 8.14. The molecule has 0 bridgehead atoms. The quantitative estimate of drug-likeness (QED) is 0.875. The van der Waals surface area contributed by atoms with E-state index in [1.165, 1.54) is 16.0 Å². The molecule has 2 aromatic rings. The number of hydrogen-bond donors (Lipinski definition) is 1. The second kappa shape index (κ2) is 6.37. The third-order valence-electron chi connectivity index (χ3n) is 2.96. The number of aryl methyl sites for hydroxylation is 3. The second-order valence-electron chi connectivity index (χ2n) is 5.32. The van der Waals surface area contributed by atoms with Gasteiger partial charge < -0.3 is 5.73 Å². The van der Waals surface area contributed by atoms with Gasteiger partial charge in [-0.1, -0.05) is 12.1 Å². The molecule has 20 heavy (non-hydrogen) atoms. The summed E-state index contributed by atoms with van der Waals surface area (Å²) in [4.78, 5) is 10.1. The van der Waals surface area contributed by atoms with Crippen molar-refractivity contribution in [3.05, 3.63) is 46.8 Å². The fraction of sp³-hybridized carbons (Fsp3) is 0.375. The van der Waals surface area contributed by atoms with Gasteiger partial charge in [0.05, 0.1) is 0 Å². The van der Waals surface area contributed by atoms with E-state index in [-0.39, 0.29) is 6.04 Å². The van der Waals surface area contributed by atoms with Crippen LogP contribution in [0.4, 0.5) is 0 Å². The van der Waals surface area contributed by atoms with Crippen LogP contribution in [-0.4, -0.2) is 16.0 Å². The van der Waals surface area contributed by atoms with E-state index in [0.717, 1.165) is 23.0 Å². The minimum Gasteiger partial charge on any atom is -0.328 e. The molecule has 2 rings (SSSR count). The average Bonchev–Trinajstić information content (AvgIpc) is 2.30. The molecule has 1 aromatic carbocycles. The van der Waals surface area contributed by atoms with E-state index in [9.17, 15) is 0 Å². The zero-order valence-corrected chi connectivity index (χ0v) is 13.3. The molecule has 0 radical (unpaired) electrons. The first-order valence-corrected chi connectivity index (χ1v) is 7.61. The molecule has 0 aliphatic heterocycles. The van der Waals surface area contributed by atoms with Crippen molar-refractivity contribution in [2.45, 2.75) is 50.2 Å². The number of nitrogens with two attached hydrogens (primary N) is 1. The summed E-state index contributed by atoms with van der Waals surface area (Å²) in [5.41, 5.74) is 10.4. The molecule has 1 unspecified atom stereocenters. The van der Waals surface area contributed by atoms with Gasteiger partial charge in [0.1, 0.15) is 0 Å². The SMILES string of the molecule is Cc1cc(C)nc(Sc2ccc(CC(C)N)cc2C)n1. The van der Waals surface area contributed by atoms with E-state index in [1.54, 1.807) is 11.8 Å². The van der Waals surface area contributed by atoms with Crippen LogP contribution in [0.3, 0.4) is 0 Å². The largest absolute Gasteiger partial charge is 0.328 e. The lowest BCUT2D eigenvalue weighted by molar-refractivity contribution is 0.737. The van der Waals surface area contributed by atoms with Crippen LogP contribution in [0.25, 0.3) is 0 Å². The van der Waals surface area contributed by atoms with E-state index in [2.05, 4.69) is 35.1 Å². The van der Waals surface area contributed by atoms with Crippen LogP contribution in [0.1, 0.15) is 29.4 Å². The molecule has 3 nitrogen and oxygen atoms in total. The van der Waals surface area contributed by atoms with Gasteiger partial charge in [-0.25, -0.2) is 9.97 Å². The summed E-state index contributed by atoms with van der Waals surface area (Å²) in [6, 6.07) is 8.66. The zero-order valence-electron chi connectivity index (χ0n) is 12.5. The molecule has 0 saturated heterocycles. The van der Waals surface area contributed by atoms with Crippen LogP contribution in [0.2, 0.25) is 0 Å². The highest BCUT2D eigenvalue weighted by Gasteiger charge is 2.07. The first-order chi connectivity index (χ1) is 9.44. The van der Waals surface area contributed by atoms with Crippen molar-refractivity contribution in [2.75, 3.05) is 0 Å². The number of aromatic nitrogens is 2. The van der Waals surface area contributed by atoms with Gasteiger partial charge >= 0.3 is 0 Å². The summed E-state index contributed by atoms with van der Waals surface area (Å²) in [5, 5.41) is 0.811. The van der Waals surface area contributed by atoms with Gasteiger partial charge in [0.2, 0.25) is 0 Å². The minimum absolute atomic E-state index is 0.190. The summed E-state index contributed by atoms with van der Waals surface area (Å²) in [6.07, 6.45) is 0.909. The van der Waals surface area contributed by atoms with Crippen molar-refractivity contribution in [2.24, 2.45) is 5.73 Å². The fourth-order valence-electron chi connectivity index (χ4n) is 2.16. The molecule has 106 valence electrons. The smallest absolute Gasteiger partial charge is 0.192 e. The normalized spacial score (nSPS) is 12.4. The Kier molecular flexibility index (Phi) is 4.78. The van der Waals surface area contributed by atoms with Gasteiger partial charge in [0, 0.05) is 22.3 Å². The Balaban J connectivity index is 2.21. The molecular weight excluding hydrogens is 266 g/mol. The molecule has 0 fully saturated rings. The van der Waals surface area contributed by atoms with E-state index in [4.69, 9.17) is 5.73 Å². The van der Waals surface area contributed by atoms with Crippen molar-refractivity contribution >= 4 is 11.8 Å². The highest BCUT2D eigenvalue weighted by molar-refractivity contribution is 7.99. The molecule has 0 aliphatic carbocycles. The standard InChI is InChI=1S/C16H21N3S/c1-10-7-14(8-11(2)17)5-6-15(10)20-16-18-12(3)9-13(4)19-16/h5-7,9,11H,8,17H2,1-4H3. The van der Waals surface area contributed by atoms with Crippen LogP contribution in [-0.2, 0) is 6.42 Å². The Bertz CT molecular complexity index is 588. The Morgan fingerprint density at radius 1 is 1.10 bits per heavy atom. The molecule has 0 spiro atoms. The summed E-state index contributed by atoms with van der Waals surface area (Å²) < 4.78 is 0. The van der Waals surface area contributed by atoms with E-state index in [1.807, 2.05) is 26.8 Å². The lowest BCUT2D eigenvalue weighted by Gasteiger charge is -2.10. The number of rotatable bonds is 4. The predicted molar refractivity (Wildman–Crippen MR) is 84.2 cm³/mol. The van der Waals surface area contributed by atoms with Crippen LogP contribution in [0.15, 0.2) is 34.3 Å². The van der Waals surface area contributed by atoms with Crippen LogP contribution in [0.5, 0.6) is 0 Å². The van der Waals surface area contributed by atoms with Crippen molar-refractivity contribution in [3.8, 4) is 0 Å². The molecule has 0 saturated carbocycles. The minimum atomic E-state index is 0.190. The number of hydrogen-bond acceptors (Lipinski definition) is 4. The highest BCUT2D eigenvalue weighted by atomic mass is 32.2. The first-order valence-electron chi connectivity index (χ1n) is 6.79. The average molecular weight is 287 g/mol. The Hall–Kier alpha value is -1.39. The van der Waals surface area contributed by atoms with Gasteiger partial charge in [-0.05, 0) is 69.1 Å². The van der Waals surface area contributed by atoms with Crippen LogP contribution in [0, 0.1) is 20.8 Å². The maximum atomic E-state index is 5.84. The maximum Gasteiger partial charge on any atom is 0.192 e. The topological polar surface area (TPSA) is 51.8 Å². The lowest BCUT2D eigenvalue weighted by Crippen LogP contribution is -2.17. The molecule has 0 aliphatic rings. The summed E-state index contributed by atoms with van der Waals surface area (Å²) in [5.74, 6) is 0. The number of nitrogens with zero attached hydrogens (tertiary/aromatic N) is 2. The first kappa shape index (κ1) is 15.0. The Labute approximate surface area is 125 Å². The van der Waals surface area contributed by atoms with E-state index < -0.39 is 0 Å². The van der Waals surface area contributed by atoms with Crippen LogP contribution < -0.4 is 5.73 Å². The molecule has 1 heterocycles. The van der Waals surface area contributed by atoms with Gasteiger partial charge in [-0.15, -0.1) is 0 Å². The van der Waals surface area contributed by atoms with Gasteiger partial charge in [0.25, 0.3) is 0 Å². The second-order valence-corrected chi connectivity index (χ2v) is 6.33. The number of benzene rings is 1.